The minimum Gasteiger partial charge on any atom is -0.325 e. The van der Waals surface area contributed by atoms with Crippen molar-refractivity contribution >= 4 is 29.0 Å². The Hall–Kier alpha value is -3.13. The summed E-state index contributed by atoms with van der Waals surface area (Å²) < 4.78 is 1.43. The van der Waals surface area contributed by atoms with Gasteiger partial charge in [0.25, 0.3) is 0 Å². The van der Waals surface area contributed by atoms with Crippen LogP contribution in [0.25, 0.3) is 0 Å². The van der Waals surface area contributed by atoms with Gasteiger partial charge >= 0.3 is 5.69 Å². The second-order valence-corrected chi connectivity index (χ2v) is 6.94. The van der Waals surface area contributed by atoms with E-state index in [1.807, 2.05) is 54.6 Å². The third kappa shape index (κ3) is 4.95. The van der Waals surface area contributed by atoms with Gasteiger partial charge in [-0.1, -0.05) is 42.1 Å². The lowest BCUT2D eigenvalue weighted by molar-refractivity contribution is -0.385. The van der Waals surface area contributed by atoms with Gasteiger partial charge in [0.15, 0.2) is 0 Å². The minimum atomic E-state index is -0.476. The predicted octanol–water partition coefficient (Wildman–Crippen LogP) is 4.28. The summed E-state index contributed by atoms with van der Waals surface area (Å²) in [5, 5.41) is 17.9. The van der Waals surface area contributed by atoms with Gasteiger partial charge in [0.1, 0.15) is 11.9 Å². The quantitative estimate of drug-likeness (QED) is 0.486. The fraction of sp³-hybridized carbons (Fsp3) is 0.158. The van der Waals surface area contributed by atoms with Crippen LogP contribution in [0.15, 0.2) is 70.6 Å². The van der Waals surface area contributed by atoms with E-state index in [4.69, 9.17) is 0 Å². The van der Waals surface area contributed by atoms with Crippen molar-refractivity contribution in [3.63, 3.8) is 0 Å². The molecule has 0 fully saturated rings. The van der Waals surface area contributed by atoms with Crippen molar-refractivity contribution in [1.29, 1.82) is 0 Å². The van der Waals surface area contributed by atoms with Gasteiger partial charge < -0.3 is 5.32 Å². The third-order valence-corrected chi connectivity index (χ3v) is 4.90. The molecule has 0 spiro atoms. The zero-order valence-corrected chi connectivity index (χ0v) is 15.5. The van der Waals surface area contributed by atoms with Crippen LogP contribution >= 0.6 is 11.8 Å². The summed E-state index contributed by atoms with van der Waals surface area (Å²) >= 11 is 1.57. The molecule has 2 aromatic carbocycles. The molecule has 0 unspecified atom stereocenters. The van der Waals surface area contributed by atoms with Crippen LogP contribution in [-0.4, -0.2) is 20.6 Å². The molecule has 3 rings (SSSR count). The summed E-state index contributed by atoms with van der Waals surface area (Å²) in [6, 6.07) is 17.5. The normalized spacial score (nSPS) is 10.6. The maximum Gasteiger partial charge on any atom is 0.309 e. The number of carbonyl (C=O) groups is 1. The van der Waals surface area contributed by atoms with Crippen molar-refractivity contribution in [2.24, 2.45) is 0 Å². The lowest BCUT2D eigenvalue weighted by Gasteiger charge is -2.11. The van der Waals surface area contributed by atoms with Gasteiger partial charge in [-0.2, -0.15) is 5.10 Å². The number of para-hydroxylation sites is 1. The molecule has 1 aromatic heterocycles. The summed E-state index contributed by atoms with van der Waals surface area (Å²) in [7, 11) is 0. The molecule has 7 nitrogen and oxygen atoms in total. The molecular formula is C19H18N4O3S. The molecule has 1 N–H and O–H groups in total. The highest BCUT2D eigenvalue weighted by Crippen LogP contribution is 2.33. The monoisotopic (exact) mass is 382 g/mol. The molecule has 0 aliphatic heterocycles. The molecule has 0 saturated heterocycles. The first-order valence-electron chi connectivity index (χ1n) is 8.33. The van der Waals surface area contributed by atoms with E-state index in [0.29, 0.717) is 5.69 Å². The minimum absolute atomic E-state index is 0.0417. The number of nitrogens with zero attached hydrogens (tertiary/aromatic N) is 3. The summed E-state index contributed by atoms with van der Waals surface area (Å²) in [6.45, 7) is 1.85. The van der Waals surface area contributed by atoms with Gasteiger partial charge in [0.2, 0.25) is 5.91 Å². The van der Waals surface area contributed by atoms with Crippen molar-refractivity contribution in [3.8, 4) is 0 Å². The smallest absolute Gasteiger partial charge is 0.309 e. The average molecular weight is 382 g/mol. The molecule has 0 saturated carbocycles. The van der Waals surface area contributed by atoms with Crippen LogP contribution in [0, 0.1) is 17.0 Å². The molecular weight excluding hydrogens is 364 g/mol. The molecule has 3 aromatic rings. The largest absolute Gasteiger partial charge is 0.325 e. The van der Waals surface area contributed by atoms with Crippen LogP contribution in [0.2, 0.25) is 0 Å². The predicted molar refractivity (Wildman–Crippen MR) is 104 cm³/mol. The number of aromatic nitrogens is 2. The molecule has 8 heteroatoms. The molecule has 27 heavy (non-hydrogen) atoms. The second kappa shape index (κ2) is 8.50. The maximum absolute atomic E-state index is 12.3. The Morgan fingerprint density at radius 1 is 1.19 bits per heavy atom. The number of hydrogen-bond donors (Lipinski definition) is 1. The highest BCUT2D eigenvalue weighted by atomic mass is 32.2. The fourth-order valence-corrected chi connectivity index (χ4v) is 3.43. The van der Waals surface area contributed by atoms with Crippen molar-refractivity contribution in [2.45, 2.75) is 29.7 Å². The second-order valence-electron chi connectivity index (χ2n) is 5.83. The SMILES string of the molecule is Cc1nn(CCC(=O)Nc2ccccc2Sc2ccccc2)cc1[N+](=O)[O-]. The van der Waals surface area contributed by atoms with Crippen molar-refractivity contribution in [2.75, 3.05) is 5.32 Å². The first kappa shape index (κ1) is 18.7. The Morgan fingerprint density at radius 2 is 1.89 bits per heavy atom. The lowest BCUT2D eigenvalue weighted by atomic mass is 10.3. The number of carbonyl (C=O) groups excluding carboxylic acids is 1. The zero-order valence-electron chi connectivity index (χ0n) is 14.7. The number of nitro groups is 1. The molecule has 0 aliphatic rings. The highest BCUT2D eigenvalue weighted by molar-refractivity contribution is 7.99. The van der Waals surface area contributed by atoms with Crippen LogP contribution in [0.1, 0.15) is 12.1 Å². The molecule has 0 radical (unpaired) electrons. The topological polar surface area (TPSA) is 90.1 Å². The van der Waals surface area contributed by atoms with Gasteiger partial charge in [0.05, 0.1) is 10.6 Å². The van der Waals surface area contributed by atoms with Crippen molar-refractivity contribution in [1.82, 2.24) is 9.78 Å². The number of amides is 1. The molecule has 0 bridgehead atoms. The number of nitrogens with one attached hydrogen (secondary N) is 1. The molecule has 1 heterocycles. The fourth-order valence-electron chi connectivity index (χ4n) is 2.50. The summed E-state index contributed by atoms with van der Waals surface area (Å²) in [6.07, 6.45) is 1.52. The Bertz CT molecular complexity index is 957. The van der Waals surface area contributed by atoms with Gasteiger partial charge in [-0.05, 0) is 31.2 Å². The molecule has 138 valence electrons. The van der Waals surface area contributed by atoms with Crippen molar-refractivity contribution in [3.05, 3.63) is 76.6 Å². The van der Waals surface area contributed by atoms with Crippen LogP contribution < -0.4 is 5.32 Å². The van der Waals surface area contributed by atoms with E-state index in [-0.39, 0.29) is 24.6 Å². The van der Waals surface area contributed by atoms with E-state index >= 15 is 0 Å². The first-order valence-corrected chi connectivity index (χ1v) is 9.15. The van der Waals surface area contributed by atoms with Crippen LogP contribution in [0.3, 0.4) is 0 Å². The first-order chi connectivity index (χ1) is 13.0. The number of hydrogen-bond acceptors (Lipinski definition) is 5. The third-order valence-electron chi connectivity index (χ3n) is 3.82. The van der Waals surface area contributed by atoms with Gasteiger partial charge in [-0.15, -0.1) is 0 Å². The number of anilines is 1. The Labute approximate surface area is 160 Å². The Kier molecular flexibility index (Phi) is 5.87. The molecule has 0 aliphatic carbocycles. The summed E-state index contributed by atoms with van der Waals surface area (Å²) in [5.41, 5.74) is 1.03. The standard InChI is InChI=1S/C19H18N4O3S/c1-14-17(23(25)26)13-22(21-14)12-11-19(24)20-16-9-5-6-10-18(16)27-15-7-3-2-4-8-15/h2-10,13H,11-12H2,1H3,(H,20,24). The highest BCUT2D eigenvalue weighted by Gasteiger charge is 2.16. The van der Waals surface area contributed by atoms with E-state index in [0.717, 1.165) is 15.5 Å². The number of benzene rings is 2. The van der Waals surface area contributed by atoms with Gasteiger partial charge in [-0.3, -0.25) is 19.6 Å². The van der Waals surface area contributed by atoms with Crippen LogP contribution in [0.5, 0.6) is 0 Å². The van der Waals surface area contributed by atoms with Gasteiger partial charge in [0, 0.05) is 22.8 Å². The maximum atomic E-state index is 12.3. The number of rotatable bonds is 7. The average Bonchev–Trinajstić information content (AvgIpc) is 3.04. The lowest BCUT2D eigenvalue weighted by Crippen LogP contribution is -2.15. The summed E-state index contributed by atoms with van der Waals surface area (Å²) in [5.74, 6) is -0.174. The van der Waals surface area contributed by atoms with Gasteiger partial charge in [-0.25, -0.2) is 0 Å². The van der Waals surface area contributed by atoms with E-state index < -0.39 is 4.92 Å². The number of aryl methyl sites for hydroxylation is 2. The molecule has 1 amide bonds. The molecule has 0 atom stereocenters. The Morgan fingerprint density at radius 3 is 2.59 bits per heavy atom. The zero-order chi connectivity index (χ0) is 19.2. The van der Waals surface area contributed by atoms with E-state index in [2.05, 4.69) is 10.4 Å². The van der Waals surface area contributed by atoms with Crippen LogP contribution in [-0.2, 0) is 11.3 Å². The van der Waals surface area contributed by atoms with Crippen LogP contribution in [0.4, 0.5) is 11.4 Å². The van der Waals surface area contributed by atoms with E-state index in [9.17, 15) is 14.9 Å². The Balaban J connectivity index is 1.63. The van der Waals surface area contributed by atoms with E-state index in [1.165, 1.54) is 10.9 Å². The summed E-state index contributed by atoms with van der Waals surface area (Å²) in [4.78, 5) is 24.7. The van der Waals surface area contributed by atoms with Crippen molar-refractivity contribution < 1.29 is 9.72 Å². The van der Waals surface area contributed by atoms with E-state index in [1.54, 1.807) is 18.7 Å².